The monoisotopic (exact) mass is 291 g/mol. The highest BCUT2D eigenvalue weighted by Crippen LogP contribution is 2.39. The highest BCUT2D eigenvalue weighted by atomic mass is 28.3. The summed E-state index contributed by atoms with van der Waals surface area (Å²) in [7, 11) is -1.03. The molecule has 0 bridgehead atoms. The molecule has 1 fully saturated rings. The van der Waals surface area contributed by atoms with E-state index in [-0.39, 0.29) is 5.41 Å². The van der Waals surface area contributed by atoms with Gasteiger partial charge in [-0.25, -0.2) is 0 Å². The van der Waals surface area contributed by atoms with Crippen LogP contribution < -0.4 is 5.32 Å². The van der Waals surface area contributed by atoms with Crippen molar-refractivity contribution < 1.29 is 4.43 Å². The SMILES string of the molecule is C[SiH](C)OC([C@@H]1CNC[C@@H]1c1ccccc1)C(C)(C)C. The van der Waals surface area contributed by atoms with Gasteiger partial charge in [0.25, 0.3) is 0 Å². The Balaban J connectivity index is 2.23. The summed E-state index contributed by atoms with van der Waals surface area (Å²) in [5.41, 5.74) is 1.65. The summed E-state index contributed by atoms with van der Waals surface area (Å²) >= 11 is 0. The predicted octanol–water partition coefficient (Wildman–Crippen LogP) is 3.40. The van der Waals surface area contributed by atoms with E-state index in [9.17, 15) is 0 Å². The second-order valence-electron chi connectivity index (χ2n) is 7.31. The molecule has 1 unspecified atom stereocenters. The molecule has 112 valence electrons. The standard InChI is InChI=1S/C17H29NOSi/c1-17(2,3)16(19-20(4)5)15-12-18-11-14(15)13-9-7-6-8-10-13/h6-10,14-16,18,20H,11-12H2,1-5H3/t14-,15-,16?/m1/s1. The summed E-state index contributed by atoms with van der Waals surface area (Å²) < 4.78 is 6.45. The third kappa shape index (κ3) is 3.71. The van der Waals surface area contributed by atoms with Crippen LogP contribution in [0.4, 0.5) is 0 Å². The zero-order valence-corrected chi connectivity index (χ0v) is 14.7. The van der Waals surface area contributed by atoms with E-state index in [1.54, 1.807) is 0 Å². The number of hydrogen-bond acceptors (Lipinski definition) is 2. The molecule has 1 heterocycles. The number of nitrogens with one attached hydrogen (secondary N) is 1. The molecule has 0 radical (unpaired) electrons. The molecule has 2 rings (SSSR count). The van der Waals surface area contributed by atoms with E-state index in [1.165, 1.54) is 5.56 Å². The van der Waals surface area contributed by atoms with Crippen molar-refractivity contribution >= 4 is 9.04 Å². The molecular formula is C17H29NOSi. The predicted molar refractivity (Wildman–Crippen MR) is 88.7 cm³/mol. The van der Waals surface area contributed by atoms with Crippen LogP contribution in [-0.2, 0) is 4.43 Å². The molecule has 1 N–H and O–H groups in total. The van der Waals surface area contributed by atoms with Crippen LogP contribution in [-0.4, -0.2) is 28.2 Å². The van der Waals surface area contributed by atoms with Crippen LogP contribution in [0, 0.1) is 11.3 Å². The minimum Gasteiger partial charge on any atom is -0.417 e. The van der Waals surface area contributed by atoms with Crippen molar-refractivity contribution in [2.75, 3.05) is 13.1 Å². The Kier molecular flexibility index (Phi) is 5.05. The number of hydrogen-bond donors (Lipinski definition) is 1. The molecule has 1 saturated heterocycles. The molecular weight excluding hydrogens is 262 g/mol. The lowest BCUT2D eigenvalue weighted by Gasteiger charge is -2.39. The van der Waals surface area contributed by atoms with Gasteiger partial charge in [-0.2, -0.15) is 0 Å². The molecule has 0 amide bonds. The summed E-state index contributed by atoms with van der Waals surface area (Å²) in [6.45, 7) is 13.6. The fraction of sp³-hybridized carbons (Fsp3) is 0.647. The molecule has 3 atom stereocenters. The van der Waals surface area contributed by atoms with Gasteiger partial charge in [-0.3, -0.25) is 0 Å². The lowest BCUT2D eigenvalue weighted by atomic mass is 9.75. The van der Waals surface area contributed by atoms with E-state index in [1.807, 2.05) is 0 Å². The molecule has 20 heavy (non-hydrogen) atoms. The van der Waals surface area contributed by atoms with Gasteiger partial charge in [-0.05, 0) is 24.1 Å². The van der Waals surface area contributed by atoms with Crippen molar-refractivity contribution in [3.05, 3.63) is 35.9 Å². The van der Waals surface area contributed by atoms with Crippen LogP contribution in [0.3, 0.4) is 0 Å². The Bertz CT molecular complexity index is 413. The second-order valence-corrected chi connectivity index (χ2v) is 9.68. The van der Waals surface area contributed by atoms with Crippen molar-refractivity contribution in [3.63, 3.8) is 0 Å². The fourth-order valence-electron chi connectivity index (χ4n) is 3.32. The summed E-state index contributed by atoms with van der Waals surface area (Å²) in [6.07, 6.45) is 0.342. The topological polar surface area (TPSA) is 21.3 Å². The van der Waals surface area contributed by atoms with Crippen molar-refractivity contribution in [2.24, 2.45) is 11.3 Å². The minimum absolute atomic E-state index is 0.195. The van der Waals surface area contributed by atoms with Gasteiger partial charge in [-0.15, -0.1) is 0 Å². The zero-order valence-electron chi connectivity index (χ0n) is 13.5. The molecule has 0 aromatic heterocycles. The van der Waals surface area contributed by atoms with Crippen LogP contribution in [0.5, 0.6) is 0 Å². The van der Waals surface area contributed by atoms with E-state index in [4.69, 9.17) is 4.43 Å². The zero-order chi connectivity index (χ0) is 14.8. The maximum absolute atomic E-state index is 6.45. The van der Waals surface area contributed by atoms with Crippen LogP contribution >= 0.6 is 0 Å². The first kappa shape index (κ1) is 15.7. The average molecular weight is 292 g/mol. The van der Waals surface area contributed by atoms with E-state index in [0.717, 1.165) is 13.1 Å². The van der Waals surface area contributed by atoms with Gasteiger partial charge in [0.15, 0.2) is 9.04 Å². The summed E-state index contributed by atoms with van der Waals surface area (Å²) in [5, 5.41) is 3.58. The molecule has 1 aromatic carbocycles. The Labute approximate surface area is 125 Å². The number of benzene rings is 1. The normalized spacial score (nSPS) is 25.1. The summed E-state index contributed by atoms with van der Waals surface area (Å²) in [6, 6.07) is 10.9. The van der Waals surface area contributed by atoms with E-state index in [0.29, 0.717) is 17.9 Å². The Hall–Kier alpha value is -0.643. The first-order valence-corrected chi connectivity index (χ1v) is 10.6. The maximum atomic E-state index is 6.45. The third-order valence-corrected chi connectivity index (χ3v) is 4.99. The quantitative estimate of drug-likeness (QED) is 0.859. The molecule has 3 heteroatoms. The molecule has 1 aromatic rings. The molecule has 1 aliphatic rings. The van der Waals surface area contributed by atoms with Gasteiger partial charge >= 0.3 is 0 Å². The highest BCUT2D eigenvalue weighted by molar-refractivity contribution is 6.48. The van der Waals surface area contributed by atoms with E-state index in [2.05, 4.69) is 69.5 Å². The number of rotatable bonds is 4. The van der Waals surface area contributed by atoms with Gasteiger partial charge < -0.3 is 9.74 Å². The van der Waals surface area contributed by atoms with Crippen molar-refractivity contribution in [1.29, 1.82) is 0 Å². The summed E-state index contributed by atoms with van der Waals surface area (Å²) in [4.78, 5) is 0. The fourth-order valence-corrected chi connectivity index (χ4v) is 4.52. The Morgan fingerprint density at radius 3 is 2.35 bits per heavy atom. The Morgan fingerprint density at radius 2 is 1.80 bits per heavy atom. The molecule has 0 spiro atoms. The molecule has 2 nitrogen and oxygen atoms in total. The highest BCUT2D eigenvalue weighted by Gasteiger charge is 2.41. The van der Waals surface area contributed by atoms with Crippen LogP contribution in [0.2, 0.25) is 13.1 Å². The first-order valence-electron chi connectivity index (χ1n) is 7.80. The van der Waals surface area contributed by atoms with Gasteiger partial charge in [0.05, 0.1) is 6.10 Å². The lowest BCUT2D eigenvalue weighted by molar-refractivity contribution is 0.0339. The summed E-state index contributed by atoms with van der Waals surface area (Å²) in [5.74, 6) is 1.15. The maximum Gasteiger partial charge on any atom is 0.171 e. The van der Waals surface area contributed by atoms with Crippen LogP contribution in [0.1, 0.15) is 32.3 Å². The van der Waals surface area contributed by atoms with Gasteiger partial charge in [-0.1, -0.05) is 51.1 Å². The molecule has 1 aliphatic heterocycles. The largest absolute Gasteiger partial charge is 0.417 e. The van der Waals surface area contributed by atoms with Gasteiger partial charge in [0.1, 0.15) is 0 Å². The second kappa shape index (κ2) is 6.42. The van der Waals surface area contributed by atoms with Crippen LogP contribution in [0.15, 0.2) is 30.3 Å². The van der Waals surface area contributed by atoms with E-state index >= 15 is 0 Å². The lowest BCUT2D eigenvalue weighted by Crippen LogP contribution is -2.42. The average Bonchev–Trinajstić information content (AvgIpc) is 2.84. The molecule has 0 aliphatic carbocycles. The van der Waals surface area contributed by atoms with Crippen molar-refractivity contribution in [3.8, 4) is 0 Å². The smallest absolute Gasteiger partial charge is 0.171 e. The van der Waals surface area contributed by atoms with Gasteiger partial charge in [0.2, 0.25) is 0 Å². The van der Waals surface area contributed by atoms with Crippen molar-refractivity contribution in [1.82, 2.24) is 5.32 Å². The Morgan fingerprint density at radius 1 is 1.15 bits per heavy atom. The molecule has 0 saturated carbocycles. The van der Waals surface area contributed by atoms with Crippen LogP contribution in [0.25, 0.3) is 0 Å². The van der Waals surface area contributed by atoms with Gasteiger partial charge in [0, 0.05) is 24.9 Å². The van der Waals surface area contributed by atoms with Crippen molar-refractivity contribution in [2.45, 2.75) is 45.9 Å². The third-order valence-electron chi connectivity index (χ3n) is 4.15. The van der Waals surface area contributed by atoms with E-state index < -0.39 is 9.04 Å². The minimum atomic E-state index is -1.03. The first-order chi connectivity index (χ1) is 9.39.